The molecule has 0 spiro atoms. The van der Waals surface area contributed by atoms with E-state index in [2.05, 4.69) is 25.6 Å². The highest BCUT2D eigenvalue weighted by Gasteiger charge is 2.07. The van der Waals surface area contributed by atoms with Gasteiger partial charge in [0.05, 0.1) is 11.4 Å². The molecule has 0 bridgehead atoms. The summed E-state index contributed by atoms with van der Waals surface area (Å²) in [4.78, 5) is 25.3. The van der Waals surface area contributed by atoms with E-state index in [-0.39, 0.29) is 5.91 Å². The number of carbonyl (C=O) groups excluding carboxylic acids is 1. The van der Waals surface area contributed by atoms with Crippen LogP contribution in [0, 0.1) is 0 Å². The van der Waals surface area contributed by atoms with Gasteiger partial charge in [0.1, 0.15) is 0 Å². The largest absolute Gasteiger partial charge is 0.324 e. The summed E-state index contributed by atoms with van der Waals surface area (Å²) in [6, 6.07) is 21.5. The molecule has 4 aromatic rings. The van der Waals surface area contributed by atoms with Crippen LogP contribution in [0.15, 0.2) is 85.2 Å². The van der Waals surface area contributed by atoms with Crippen LogP contribution in [0.3, 0.4) is 0 Å². The highest BCUT2D eigenvalue weighted by atomic mass is 35.5. The Morgan fingerprint density at radius 3 is 2.24 bits per heavy atom. The quantitative estimate of drug-likeness (QED) is 0.481. The number of carbonyl (C=O) groups is 1. The minimum Gasteiger partial charge on any atom is -0.324 e. The smallest absolute Gasteiger partial charge is 0.255 e. The van der Waals surface area contributed by atoms with Crippen LogP contribution in [-0.2, 0) is 0 Å². The Balaban J connectivity index is 1.43. The first-order chi connectivity index (χ1) is 14.2. The fourth-order valence-corrected chi connectivity index (χ4v) is 2.77. The molecule has 0 aliphatic heterocycles. The molecule has 142 valence electrons. The van der Waals surface area contributed by atoms with Crippen LogP contribution in [0.2, 0.25) is 5.02 Å². The Morgan fingerprint density at radius 1 is 0.759 bits per heavy atom. The number of pyridine rings is 1. The van der Waals surface area contributed by atoms with Crippen LogP contribution in [0.25, 0.3) is 11.4 Å². The van der Waals surface area contributed by atoms with Gasteiger partial charge in [0.25, 0.3) is 5.91 Å². The summed E-state index contributed by atoms with van der Waals surface area (Å²) in [5.74, 6) is 0.264. The Kier molecular flexibility index (Phi) is 5.45. The molecule has 2 heterocycles. The molecule has 29 heavy (non-hydrogen) atoms. The van der Waals surface area contributed by atoms with Crippen molar-refractivity contribution in [2.45, 2.75) is 0 Å². The molecule has 2 N–H and O–H groups in total. The van der Waals surface area contributed by atoms with Crippen molar-refractivity contribution in [1.29, 1.82) is 0 Å². The molecule has 7 heteroatoms. The van der Waals surface area contributed by atoms with Gasteiger partial charge < -0.3 is 10.6 Å². The van der Waals surface area contributed by atoms with E-state index in [0.717, 1.165) is 17.1 Å². The number of amides is 1. The van der Waals surface area contributed by atoms with Crippen molar-refractivity contribution in [3.05, 3.63) is 95.8 Å². The third-order valence-corrected chi connectivity index (χ3v) is 4.34. The van der Waals surface area contributed by atoms with Gasteiger partial charge in [-0.05, 0) is 66.7 Å². The van der Waals surface area contributed by atoms with Gasteiger partial charge in [0.2, 0.25) is 5.95 Å². The second-order valence-electron chi connectivity index (χ2n) is 6.14. The van der Waals surface area contributed by atoms with Crippen molar-refractivity contribution in [3.63, 3.8) is 0 Å². The molecule has 0 aliphatic rings. The topological polar surface area (TPSA) is 79.8 Å². The van der Waals surface area contributed by atoms with Crippen molar-refractivity contribution >= 4 is 34.8 Å². The van der Waals surface area contributed by atoms with E-state index in [1.54, 1.807) is 48.8 Å². The zero-order valence-corrected chi connectivity index (χ0v) is 16.0. The molecule has 0 radical (unpaired) electrons. The van der Waals surface area contributed by atoms with E-state index >= 15 is 0 Å². The molecular weight excluding hydrogens is 386 g/mol. The van der Waals surface area contributed by atoms with Crippen LogP contribution in [0.5, 0.6) is 0 Å². The third kappa shape index (κ3) is 4.75. The molecule has 2 aromatic heterocycles. The van der Waals surface area contributed by atoms with Gasteiger partial charge >= 0.3 is 0 Å². The van der Waals surface area contributed by atoms with E-state index in [4.69, 9.17) is 11.6 Å². The maximum absolute atomic E-state index is 12.3. The number of hydrogen-bond acceptors (Lipinski definition) is 5. The lowest BCUT2D eigenvalue weighted by Crippen LogP contribution is -2.11. The number of hydrogen-bond donors (Lipinski definition) is 2. The zero-order valence-electron chi connectivity index (χ0n) is 15.2. The van der Waals surface area contributed by atoms with Crippen molar-refractivity contribution in [2.75, 3.05) is 10.6 Å². The van der Waals surface area contributed by atoms with Crippen LogP contribution in [0.1, 0.15) is 10.4 Å². The van der Waals surface area contributed by atoms with Crippen molar-refractivity contribution in [1.82, 2.24) is 15.0 Å². The Morgan fingerprint density at radius 2 is 1.52 bits per heavy atom. The Hall–Kier alpha value is -3.77. The first-order valence-corrected chi connectivity index (χ1v) is 9.24. The van der Waals surface area contributed by atoms with Crippen molar-refractivity contribution in [3.8, 4) is 11.4 Å². The number of rotatable bonds is 5. The number of halogens is 1. The molecule has 6 nitrogen and oxygen atoms in total. The van der Waals surface area contributed by atoms with Gasteiger partial charge in [-0.15, -0.1) is 0 Å². The molecule has 0 atom stereocenters. The van der Waals surface area contributed by atoms with E-state index in [1.807, 2.05) is 36.4 Å². The van der Waals surface area contributed by atoms with Crippen molar-refractivity contribution in [2.24, 2.45) is 0 Å². The van der Waals surface area contributed by atoms with Crippen LogP contribution in [-0.4, -0.2) is 20.9 Å². The van der Waals surface area contributed by atoms with E-state index < -0.39 is 0 Å². The average Bonchev–Trinajstić information content (AvgIpc) is 2.76. The van der Waals surface area contributed by atoms with Gasteiger partial charge in [0.15, 0.2) is 0 Å². The second kappa shape index (κ2) is 8.50. The standard InChI is InChI=1S/C22H16ClN5O/c23-16-6-4-15(5-7-16)21(29)26-17-8-10-18(11-9-17)27-22-25-14-12-20(28-22)19-3-1-2-13-24-19/h1-14H,(H,26,29)(H,25,27,28). The number of benzene rings is 2. The monoisotopic (exact) mass is 401 g/mol. The molecule has 2 aromatic carbocycles. The predicted octanol–water partition coefficient (Wildman–Crippen LogP) is 5.19. The van der Waals surface area contributed by atoms with Crippen LogP contribution >= 0.6 is 11.6 Å². The van der Waals surface area contributed by atoms with E-state index in [9.17, 15) is 4.79 Å². The lowest BCUT2D eigenvalue weighted by Gasteiger charge is -2.09. The van der Waals surface area contributed by atoms with Gasteiger partial charge in [-0.1, -0.05) is 17.7 Å². The summed E-state index contributed by atoms with van der Waals surface area (Å²) in [6.45, 7) is 0. The van der Waals surface area contributed by atoms with Gasteiger partial charge in [0, 0.05) is 34.4 Å². The minimum atomic E-state index is -0.200. The lowest BCUT2D eigenvalue weighted by atomic mass is 10.2. The summed E-state index contributed by atoms with van der Waals surface area (Å²) in [6.07, 6.45) is 3.40. The molecule has 0 saturated heterocycles. The third-order valence-electron chi connectivity index (χ3n) is 4.09. The maximum atomic E-state index is 12.3. The summed E-state index contributed by atoms with van der Waals surface area (Å²) in [5.41, 5.74) is 3.52. The van der Waals surface area contributed by atoms with Crippen LogP contribution < -0.4 is 10.6 Å². The first kappa shape index (κ1) is 18.6. The highest BCUT2D eigenvalue weighted by molar-refractivity contribution is 6.30. The molecule has 0 fully saturated rings. The SMILES string of the molecule is O=C(Nc1ccc(Nc2nccc(-c3ccccn3)n2)cc1)c1ccc(Cl)cc1. The normalized spacial score (nSPS) is 10.4. The molecule has 0 unspecified atom stereocenters. The van der Waals surface area contributed by atoms with E-state index in [0.29, 0.717) is 22.2 Å². The van der Waals surface area contributed by atoms with Gasteiger partial charge in [-0.3, -0.25) is 9.78 Å². The van der Waals surface area contributed by atoms with E-state index in [1.165, 1.54) is 0 Å². The minimum absolute atomic E-state index is 0.200. The summed E-state index contributed by atoms with van der Waals surface area (Å²) in [5, 5.41) is 6.59. The number of anilines is 3. The number of nitrogens with one attached hydrogen (secondary N) is 2. The molecular formula is C22H16ClN5O. The fourth-order valence-electron chi connectivity index (χ4n) is 2.65. The second-order valence-corrected chi connectivity index (χ2v) is 6.58. The molecule has 1 amide bonds. The summed E-state index contributed by atoms with van der Waals surface area (Å²) >= 11 is 5.85. The Labute approximate surface area is 172 Å². The predicted molar refractivity (Wildman–Crippen MR) is 114 cm³/mol. The van der Waals surface area contributed by atoms with Crippen LogP contribution in [0.4, 0.5) is 17.3 Å². The van der Waals surface area contributed by atoms with Gasteiger partial charge in [-0.2, -0.15) is 0 Å². The number of nitrogens with zero attached hydrogens (tertiary/aromatic N) is 3. The van der Waals surface area contributed by atoms with Crippen molar-refractivity contribution < 1.29 is 4.79 Å². The summed E-state index contributed by atoms with van der Waals surface area (Å²) in [7, 11) is 0. The first-order valence-electron chi connectivity index (χ1n) is 8.86. The summed E-state index contributed by atoms with van der Waals surface area (Å²) < 4.78 is 0. The average molecular weight is 402 g/mol. The fraction of sp³-hybridized carbons (Fsp3) is 0. The maximum Gasteiger partial charge on any atom is 0.255 e. The molecule has 4 rings (SSSR count). The number of aromatic nitrogens is 3. The van der Waals surface area contributed by atoms with Gasteiger partial charge in [-0.25, -0.2) is 9.97 Å². The lowest BCUT2D eigenvalue weighted by molar-refractivity contribution is 0.102. The zero-order chi connectivity index (χ0) is 20.1. The molecule has 0 saturated carbocycles. The highest BCUT2D eigenvalue weighted by Crippen LogP contribution is 2.20. The Bertz CT molecular complexity index is 1120. The molecule has 0 aliphatic carbocycles.